The Bertz CT molecular complexity index is 1280. The average Bonchev–Trinajstić information content (AvgIpc) is 3.13. The number of ketones is 1. The maximum Gasteiger partial charge on any atom is 0.416 e. The van der Waals surface area contributed by atoms with Gasteiger partial charge in [0.25, 0.3) is 0 Å². The van der Waals surface area contributed by atoms with E-state index in [-0.39, 0.29) is 22.3 Å². The second kappa shape index (κ2) is 6.94. The van der Waals surface area contributed by atoms with Gasteiger partial charge in [-0.15, -0.1) is 0 Å². The lowest BCUT2D eigenvalue weighted by Gasteiger charge is -2.08. The molecule has 9 heteroatoms. The Labute approximate surface area is 166 Å². The molecule has 30 heavy (non-hydrogen) atoms. The molecular formula is C21H12F5N3O. The highest BCUT2D eigenvalue weighted by atomic mass is 19.4. The van der Waals surface area contributed by atoms with Crippen LogP contribution in [0.15, 0.2) is 54.9 Å². The topological polar surface area (TPSA) is 71.8 Å². The summed E-state index contributed by atoms with van der Waals surface area (Å²) in [5.74, 6) is -3.16. The van der Waals surface area contributed by atoms with Crippen molar-refractivity contribution >= 4 is 22.5 Å². The van der Waals surface area contributed by atoms with Gasteiger partial charge in [0.2, 0.25) is 5.78 Å². The van der Waals surface area contributed by atoms with Gasteiger partial charge in [-0.3, -0.25) is 4.79 Å². The predicted molar refractivity (Wildman–Crippen MR) is 101 cm³/mol. The highest BCUT2D eigenvalue weighted by molar-refractivity contribution is 6.16. The summed E-state index contributed by atoms with van der Waals surface area (Å²) in [7, 11) is 0. The third-order valence-corrected chi connectivity index (χ3v) is 4.67. The number of nitrogens with two attached hydrogens (primary N) is 1. The van der Waals surface area contributed by atoms with Crippen LogP contribution in [-0.4, -0.2) is 15.8 Å². The molecule has 2 aromatic carbocycles. The maximum absolute atomic E-state index is 14.3. The number of rotatable bonds is 3. The Kier molecular flexibility index (Phi) is 4.53. The first-order chi connectivity index (χ1) is 14.2. The molecule has 4 aromatic rings. The van der Waals surface area contributed by atoms with Crippen LogP contribution in [0.3, 0.4) is 0 Å². The molecule has 0 unspecified atom stereocenters. The van der Waals surface area contributed by atoms with E-state index in [1.807, 2.05) is 0 Å². The molecule has 3 N–H and O–H groups in total. The second-order valence-electron chi connectivity index (χ2n) is 6.55. The molecule has 2 heterocycles. The Morgan fingerprint density at radius 2 is 1.70 bits per heavy atom. The first-order valence-corrected chi connectivity index (χ1v) is 8.59. The van der Waals surface area contributed by atoms with Gasteiger partial charge >= 0.3 is 6.18 Å². The minimum atomic E-state index is -4.47. The highest BCUT2D eigenvalue weighted by Gasteiger charge is 2.30. The molecule has 0 fully saturated rings. The van der Waals surface area contributed by atoms with Crippen molar-refractivity contribution in [1.29, 1.82) is 0 Å². The molecule has 4 nitrogen and oxygen atoms in total. The molecule has 0 radical (unpaired) electrons. The van der Waals surface area contributed by atoms with Crippen molar-refractivity contribution in [1.82, 2.24) is 9.97 Å². The molecule has 0 aliphatic carbocycles. The number of nitrogen functional groups attached to an aromatic ring is 1. The number of alkyl halides is 3. The Balaban J connectivity index is 1.79. The standard InChI is InChI=1S/C21H12F5N3O/c22-15-5-6-16(27)18(23)17(15)19(30)14-9-29-20-13(14)7-11(8-28-20)10-1-3-12(4-2-10)21(24,25)26/h1-9H,27H2,(H,28,29). The monoisotopic (exact) mass is 417 g/mol. The number of H-pyrrole nitrogens is 1. The Morgan fingerprint density at radius 1 is 1.00 bits per heavy atom. The number of nitrogens with zero attached hydrogens (tertiary/aromatic N) is 1. The van der Waals surface area contributed by atoms with Gasteiger partial charge in [-0.1, -0.05) is 12.1 Å². The molecule has 152 valence electrons. The lowest BCUT2D eigenvalue weighted by atomic mass is 9.99. The van der Waals surface area contributed by atoms with Crippen molar-refractivity contribution in [2.75, 3.05) is 5.73 Å². The number of halogens is 5. The molecular weight excluding hydrogens is 405 g/mol. The molecule has 0 spiro atoms. The Morgan fingerprint density at radius 3 is 2.37 bits per heavy atom. The van der Waals surface area contributed by atoms with Crippen LogP contribution in [0.5, 0.6) is 0 Å². The minimum Gasteiger partial charge on any atom is -0.396 e. The van der Waals surface area contributed by atoms with Crippen LogP contribution >= 0.6 is 0 Å². The molecule has 2 aromatic heterocycles. The van der Waals surface area contributed by atoms with Gasteiger partial charge in [0, 0.05) is 28.9 Å². The lowest BCUT2D eigenvalue weighted by Crippen LogP contribution is -2.09. The minimum absolute atomic E-state index is 0.0466. The number of aromatic nitrogens is 2. The second-order valence-corrected chi connectivity index (χ2v) is 6.55. The zero-order valence-electron chi connectivity index (χ0n) is 15.0. The summed E-state index contributed by atoms with van der Waals surface area (Å²) in [5, 5.41) is 0.263. The largest absolute Gasteiger partial charge is 0.416 e. The van der Waals surface area contributed by atoms with E-state index < -0.39 is 34.7 Å². The zero-order chi connectivity index (χ0) is 21.6. The van der Waals surface area contributed by atoms with Crippen molar-refractivity contribution in [2.24, 2.45) is 0 Å². The van der Waals surface area contributed by atoms with Gasteiger partial charge in [0.1, 0.15) is 11.5 Å². The SMILES string of the molecule is Nc1ccc(F)c(C(=O)c2c[nH]c3ncc(-c4ccc(C(F)(F)F)cc4)cc23)c1F. The molecule has 0 amide bonds. The van der Waals surface area contributed by atoms with Crippen LogP contribution in [0.4, 0.5) is 27.6 Å². The summed E-state index contributed by atoms with van der Waals surface area (Å²) >= 11 is 0. The number of nitrogens with one attached hydrogen (secondary N) is 1. The molecule has 0 aliphatic rings. The van der Waals surface area contributed by atoms with Crippen molar-refractivity contribution in [2.45, 2.75) is 6.18 Å². The third kappa shape index (κ3) is 3.28. The van der Waals surface area contributed by atoms with Gasteiger partial charge in [-0.05, 0) is 35.9 Å². The number of aromatic amines is 1. The molecule has 0 bridgehead atoms. The molecule has 0 aliphatic heterocycles. The van der Waals surface area contributed by atoms with Gasteiger partial charge in [-0.2, -0.15) is 13.2 Å². The first-order valence-electron chi connectivity index (χ1n) is 8.59. The molecule has 0 saturated heterocycles. The summed E-state index contributed by atoms with van der Waals surface area (Å²) in [4.78, 5) is 19.7. The van der Waals surface area contributed by atoms with Crippen LogP contribution < -0.4 is 5.73 Å². The number of pyridine rings is 1. The number of fused-ring (bicyclic) bond motifs is 1. The molecule has 0 atom stereocenters. The maximum atomic E-state index is 14.3. The number of carbonyl (C=O) groups excluding carboxylic acids is 1. The summed E-state index contributed by atoms with van der Waals surface area (Å²) in [6.45, 7) is 0. The predicted octanol–water partition coefficient (Wildman–Crippen LogP) is 5.34. The van der Waals surface area contributed by atoms with Crippen molar-refractivity contribution in [3.05, 3.63) is 83.2 Å². The summed E-state index contributed by atoms with van der Waals surface area (Å²) in [6, 6.07) is 7.83. The van der Waals surface area contributed by atoms with E-state index in [0.717, 1.165) is 24.3 Å². The number of anilines is 1. The number of benzene rings is 2. The number of hydrogen-bond donors (Lipinski definition) is 2. The van der Waals surface area contributed by atoms with E-state index in [0.29, 0.717) is 11.1 Å². The number of hydrogen-bond acceptors (Lipinski definition) is 3. The Hall–Kier alpha value is -3.75. The fourth-order valence-electron chi connectivity index (χ4n) is 3.11. The first kappa shape index (κ1) is 19.6. The summed E-state index contributed by atoms with van der Waals surface area (Å²) in [6.07, 6.45) is -1.79. The van der Waals surface area contributed by atoms with Crippen LogP contribution in [0.1, 0.15) is 21.5 Å². The van der Waals surface area contributed by atoms with Crippen molar-refractivity contribution in [3.8, 4) is 11.1 Å². The van der Waals surface area contributed by atoms with Crippen LogP contribution in [0.25, 0.3) is 22.2 Å². The van der Waals surface area contributed by atoms with Gasteiger partial charge < -0.3 is 10.7 Å². The van der Waals surface area contributed by atoms with Crippen molar-refractivity contribution in [3.63, 3.8) is 0 Å². The fraction of sp³-hybridized carbons (Fsp3) is 0.0476. The van der Waals surface area contributed by atoms with Crippen LogP contribution in [-0.2, 0) is 6.18 Å². The van der Waals surface area contributed by atoms with Gasteiger partial charge in [0.05, 0.1) is 16.8 Å². The normalized spacial score (nSPS) is 11.8. The molecule has 0 saturated carbocycles. The highest BCUT2D eigenvalue weighted by Crippen LogP contribution is 2.32. The molecule has 4 rings (SSSR count). The van der Waals surface area contributed by atoms with Crippen molar-refractivity contribution < 1.29 is 26.7 Å². The average molecular weight is 417 g/mol. The number of carbonyl (C=O) groups is 1. The quantitative estimate of drug-likeness (QED) is 0.269. The van der Waals surface area contributed by atoms with E-state index in [1.165, 1.54) is 30.6 Å². The summed E-state index contributed by atoms with van der Waals surface area (Å²) < 4.78 is 66.7. The van der Waals surface area contributed by atoms with E-state index in [9.17, 15) is 26.7 Å². The van der Waals surface area contributed by atoms with Gasteiger partial charge in [0.15, 0.2) is 5.82 Å². The van der Waals surface area contributed by atoms with E-state index in [2.05, 4.69) is 9.97 Å². The fourth-order valence-corrected chi connectivity index (χ4v) is 3.11. The van der Waals surface area contributed by atoms with Gasteiger partial charge in [-0.25, -0.2) is 13.8 Å². The third-order valence-electron chi connectivity index (χ3n) is 4.67. The smallest absolute Gasteiger partial charge is 0.396 e. The van der Waals surface area contributed by atoms with Crippen LogP contribution in [0.2, 0.25) is 0 Å². The zero-order valence-corrected chi connectivity index (χ0v) is 15.0. The van der Waals surface area contributed by atoms with Crippen LogP contribution in [0, 0.1) is 11.6 Å². The van der Waals surface area contributed by atoms with E-state index in [1.54, 1.807) is 0 Å². The van der Waals surface area contributed by atoms with E-state index >= 15 is 0 Å². The summed E-state index contributed by atoms with van der Waals surface area (Å²) in [5.41, 5.74) is 4.56. The lowest BCUT2D eigenvalue weighted by molar-refractivity contribution is -0.137. The van der Waals surface area contributed by atoms with E-state index in [4.69, 9.17) is 5.73 Å².